The Kier molecular flexibility index (Phi) is 18.6. The molecule has 0 radical (unpaired) electrons. The van der Waals surface area contributed by atoms with E-state index in [1.54, 1.807) is 27.7 Å². The van der Waals surface area contributed by atoms with Crippen LogP contribution in [0.2, 0.25) is 39.3 Å². The Hall–Kier alpha value is -0.452. The average molecular weight is 470 g/mol. The van der Waals surface area contributed by atoms with Crippen LogP contribution in [0.25, 0.3) is 0 Å². The van der Waals surface area contributed by atoms with E-state index in [1.807, 2.05) is 30.3 Å². The molecule has 1 aromatic carbocycles. The molecule has 164 valence electrons. The van der Waals surface area contributed by atoms with Crippen LogP contribution in [0.15, 0.2) is 35.5 Å². The minimum atomic E-state index is -1.66. The Labute approximate surface area is 196 Å². The minimum Gasteiger partial charge on any atom is -0.394 e. The standard InChI is InChI=1S/C17H25OSi2.2C3H8O.Ti/c1-19(2,3)14-10-13-16(20(4,5)6)17(18)15-11-8-7-9-12-15;2*1-3(2)4;/h7-9,11-12,17-18H,1-6H3;2*3-4H,1-2H3;/q-1;;;. The van der Waals surface area contributed by atoms with Gasteiger partial charge in [-0.05, 0) is 33.3 Å². The van der Waals surface area contributed by atoms with Gasteiger partial charge in [0.15, 0.2) is 0 Å². The summed E-state index contributed by atoms with van der Waals surface area (Å²) in [5.41, 5.74) is 4.22. The van der Waals surface area contributed by atoms with Crippen LogP contribution in [0.1, 0.15) is 39.4 Å². The normalized spacial score (nSPS) is 12.4. The second-order valence-electron chi connectivity index (χ2n) is 9.29. The number of rotatable bonds is 3. The first kappa shape index (κ1) is 33.2. The van der Waals surface area contributed by atoms with Crippen LogP contribution >= 0.6 is 0 Å². The van der Waals surface area contributed by atoms with E-state index in [0.717, 1.165) is 10.8 Å². The fraction of sp³-hybridized carbons (Fsp3) is 0.565. The van der Waals surface area contributed by atoms with Crippen LogP contribution in [-0.2, 0) is 21.7 Å². The van der Waals surface area contributed by atoms with Crippen molar-refractivity contribution >= 4 is 16.1 Å². The van der Waals surface area contributed by atoms with Crippen LogP contribution < -0.4 is 0 Å². The molecule has 0 aromatic heterocycles. The van der Waals surface area contributed by atoms with Gasteiger partial charge in [0.05, 0.1) is 14.2 Å². The summed E-state index contributed by atoms with van der Waals surface area (Å²) < 4.78 is 0. The van der Waals surface area contributed by atoms with Crippen molar-refractivity contribution in [3.05, 3.63) is 47.2 Å². The van der Waals surface area contributed by atoms with Gasteiger partial charge in [0, 0.05) is 42.0 Å². The van der Waals surface area contributed by atoms with Gasteiger partial charge in [-0.15, -0.1) is 5.20 Å². The summed E-state index contributed by atoms with van der Waals surface area (Å²) in [6, 6.07) is 9.78. The average Bonchev–Trinajstić information content (AvgIpc) is 2.48. The number of hydrogen-bond acceptors (Lipinski definition) is 3. The fourth-order valence-electron chi connectivity index (χ4n) is 1.75. The minimum absolute atomic E-state index is 0. The van der Waals surface area contributed by atoms with E-state index in [4.69, 9.17) is 10.2 Å². The molecule has 0 saturated carbocycles. The first-order valence-corrected chi connectivity index (χ1v) is 16.8. The van der Waals surface area contributed by atoms with E-state index >= 15 is 0 Å². The largest absolute Gasteiger partial charge is 0.394 e. The van der Waals surface area contributed by atoms with Crippen molar-refractivity contribution < 1.29 is 37.0 Å². The molecule has 0 aliphatic heterocycles. The van der Waals surface area contributed by atoms with Crippen molar-refractivity contribution in [3.8, 4) is 11.5 Å². The van der Waals surface area contributed by atoms with Crippen molar-refractivity contribution in [2.45, 2.75) is 85.3 Å². The quantitative estimate of drug-likeness (QED) is 0.332. The zero-order valence-electron chi connectivity index (χ0n) is 20.0. The summed E-state index contributed by atoms with van der Waals surface area (Å²) in [6.45, 7) is 20.2. The van der Waals surface area contributed by atoms with Crippen molar-refractivity contribution in [1.29, 1.82) is 0 Å². The summed E-state index contributed by atoms with van der Waals surface area (Å²) in [5, 5.41) is 27.7. The van der Waals surface area contributed by atoms with Crippen LogP contribution in [0.4, 0.5) is 0 Å². The topological polar surface area (TPSA) is 60.7 Å². The van der Waals surface area contributed by atoms with Crippen LogP contribution in [-0.4, -0.2) is 43.7 Å². The molecule has 1 atom stereocenters. The molecule has 0 aliphatic rings. The summed E-state index contributed by atoms with van der Waals surface area (Å²) in [6.07, 6.45) is 2.30. The first-order chi connectivity index (χ1) is 12.6. The van der Waals surface area contributed by atoms with E-state index in [-0.39, 0.29) is 33.9 Å². The maximum atomic E-state index is 10.6. The molecular weight excluding hydrogens is 428 g/mol. The maximum absolute atomic E-state index is 10.6. The first-order valence-electron chi connectivity index (χ1n) is 9.82. The van der Waals surface area contributed by atoms with Gasteiger partial charge in [0.2, 0.25) is 0 Å². The number of hydrogen-bond donors (Lipinski definition) is 3. The number of aliphatic hydroxyl groups is 3. The molecule has 0 spiro atoms. The molecular formula is C23H41O3Si2Ti-. The molecule has 1 rings (SSSR count). The van der Waals surface area contributed by atoms with Crippen molar-refractivity contribution in [2.75, 3.05) is 0 Å². The smallest absolute Gasteiger partial charge is 0.0807 e. The molecule has 0 saturated heterocycles. The predicted octanol–water partition coefficient (Wildman–Crippen LogP) is 4.98. The molecule has 0 bridgehead atoms. The molecule has 1 unspecified atom stereocenters. The van der Waals surface area contributed by atoms with E-state index in [0.29, 0.717) is 0 Å². The maximum Gasteiger partial charge on any atom is 0.0807 e. The second-order valence-corrected chi connectivity index (χ2v) is 19.1. The van der Waals surface area contributed by atoms with Crippen molar-refractivity contribution in [3.63, 3.8) is 0 Å². The molecule has 1 aromatic rings. The predicted molar refractivity (Wildman–Crippen MR) is 127 cm³/mol. The third-order valence-corrected chi connectivity index (χ3v) is 5.72. The van der Waals surface area contributed by atoms with Crippen LogP contribution in [0.3, 0.4) is 0 Å². The zero-order valence-corrected chi connectivity index (χ0v) is 23.5. The second kappa shape index (κ2) is 16.3. The van der Waals surface area contributed by atoms with Gasteiger partial charge in [-0.2, -0.15) is 6.08 Å². The zero-order chi connectivity index (χ0) is 22.5. The Bertz CT molecular complexity index is 608. The molecule has 6 heteroatoms. The number of benzene rings is 1. The SMILES string of the molecule is CC(C)O.CC(C)O.C[Si](C)(C)C#C[C-]=C(C(O)c1ccccc1)[Si](C)(C)C.[Ti]. The van der Waals surface area contributed by atoms with Gasteiger partial charge in [0.25, 0.3) is 0 Å². The van der Waals surface area contributed by atoms with Gasteiger partial charge in [-0.25, -0.2) is 0 Å². The summed E-state index contributed by atoms with van der Waals surface area (Å²) in [7, 11) is -3.06. The van der Waals surface area contributed by atoms with Crippen LogP contribution in [0, 0.1) is 17.5 Å². The Morgan fingerprint density at radius 2 is 1.21 bits per heavy atom. The van der Waals surface area contributed by atoms with Gasteiger partial charge >= 0.3 is 0 Å². The summed E-state index contributed by atoms with van der Waals surface area (Å²) in [4.78, 5) is 0. The monoisotopic (exact) mass is 469 g/mol. The Morgan fingerprint density at radius 1 is 0.828 bits per heavy atom. The molecule has 0 heterocycles. The van der Waals surface area contributed by atoms with E-state index < -0.39 is 22.3 Å². The van der Waals surface area contributed by atoms with E-state index in [9.17, 15) is 5.11 Å². The van der Waals surface area contributed by atoms with Gasteiger partial charge in [-0.1, -0.05) is 69.6 Å². The van der Waals surface area contributed by atoms with Crippen LogP contribution in [0.5, 0.6) is 0 Å². The van der Waals surface area contributed by atoms with Crippen molar-refractivity contribution in [2.24, 2.45) is 0 Å². The Balaban J connectivity index is -0.000000640. The fourth-order valence-corrected chi connectivity index (χ4v) is 3.62. The molecule has 0 aliphatic carbocycles. The third kappa shape index (κ3) is 22.1. The van der Waals surface area contributed by atoms with Gasteiger partial charge in [-0.3, -0.25) is 0 Å². The molecule has 3 nitrogen and oxygen atoms in total. The molecule has 0 amide bonds. The van der Waals surface area contributed by atoms with Gasteiger partial charge in [0.1, 0.15) is 0 Å². The number of allylic oxidation sites excluding steroid dienone is 1. The summed E-state index contributed by atoms with van der Waals surface area (Å²) >= 11 is 0. The van der Waals surface area contributed by atoms with Gasteiger partial charge < -0.3 is 26.8 Å². The molecule has 0 fully saturated rings. The third-order valence-electron chi connectivity index (χ3n) is 2.83. The number of aliphatic hydroxyl groups excluding tert-OH is 3. The van der Waals surface area contributed by atoms with E-state index in [2.05, 4.69) is 56.8 Å². The Morgan fingerprint density at radius 3 is 1.52 bits per heavy atom. The molecule has 29 heavy (non-hydrogen) atoms. The summed E-state index contributed by atoms with van der Waals surface area (Å²) in [5.74, 6) is 3.08. The van der Waals surface area contributed by atoms with Crippen molar-refractivity contribution in [1.82, 2.24) is 0 Å². The molecule has 3 N–H and O–H groups in total. The van der Waals surface area contributed by atoms with E-state index in [1.165, 1.54) is 0 Å².